The first-order chi connectivity index (χ1) is 37.4. The van der Waals surface area contributed by atoms with Crippen LogP contribution in [0, 0.1) is 0 Å². The van der Waals surface area contributed by atoms with Crippen LogP contribution in [-0.2, 0) is 27.9 Å². The Bertz CT molecular complexity index is 1640. The molecule has 0 aromatic heterocycles. The first-order valence-corrected chi connectivity index (χ1v) is 33.1. The molecule has 0 radical (unpaired) electrons. The van der Waals surface area contributed by atoms with Crippen LogP contribution < -0.4 is 10.2 Å². The standard InChI is InChI=1S/C67H119N2O7P/c1-7-10-13-16-19-22-25-27-29-31-32-33-34-35-36-38-39-41-44-47-50-53-56-59-66(70)68-64(63-75-77(72,73)74-62-61-69(4,5)6)65(58-55-52-49-46-43-24-21-18-15-12-9-3)76-67(71)60-57-54-51-48-45-42-40-37-30-28-26-23-20-17-14-11-8-2/h11,14,17,20,23,26-30,37,40,42,45,55,58,64-65H,7-10,12-13,15-16,18-19,21-22,24-25,31-36,38-39,41,43-44,46-54,56-57,59-63H2,1-6H3,(H-,68,70,72,73)/b14-11-,20-17+,26-23+,29-27+,30-28-,40-37+,45-42+,58-55-. The average Bonchev–Trinajstić information content (AvgIpc) is 3.39. The van der Waals surface area contributed by atoms with E-state index in [-0.39, 0.29) is 24.9 Å². The maximum absolute atomic E-state index is 13.5. The van der Waals surface area contributed by atoms with Crippen LogP contribution in [0.3, 0.4) is 0 Å². The van der Waals surface area contributed by atoms with Gasteiger partial charge in [0.05, 0.1) is 33.8 Å². The summed E-state index contributed by atoms with van der Waals surface area (Å²) in [5, 5.41) is 3.02. The Hall–Kier alpha value is -3.07. The fourth-order valence-corrected chi connectivity index (χ4v) is 9.51. The molecule has 444 valence electrons. The molecule has 0 spiro atoms. The molecule has 0 fully saturated rings. The van der Waals surface area contributed by atoms with Crippen molar-refractivity contribution in [2.75, 3.05) is 40.9 Å². The Labute approximate surface area is 475 Å². The minimum absolute atomic E-state index is 0.0339. The molecule has 9 nitrogen and oxygen atoms in total. The van der Waals surface area contributed by atoms with Gasteiger partial charge in [0.1, 0.15) is 19.3 Å². The summed E-state index contributed by atoms with van der Waals surface area (Å²) in [4.78, 5) is 40.0. The number of nitrogens with zero attached hydrogens (tertiary/aromatic N) is 1. The SMILES string of the molecule is CC\C=C/C=C/C=C/C=C\C=C\C=C\CCCCCC(=O)OC(/C=C\CCCCCCCCCCC)C(COP(=O)([O-])OCC[N+](C)(C)C)NC(=O)CCCCCCCCCCCCCCC/C=C/CCCCCCCC. The zero-order chi connectivity index (χ0) is 56.4. The molecule has 0 aliphatic heterocycles. The van der Waals surface area contributed by atoms with Crippen molar-refractivity contribution in [1.82, 2.24) is 5.32 Å². The van der Waals surface area contributed by atoms with E-state index in [1.807, 2.05) is 94.1 Å². The van der Waals surface area contributed by atoms with Gasteiger partial charge in [-0.15, -0.1) is 0 Å². The molecular weight excluding hydrogens is 976 g/mol. The molecule has 0 bridgehead atoms. The predicted molar refractivity (Wildman–Crippen MR) is 330 cm³/mol. The summed E-state index contributed by atoms with van der Waals surface area (Å²) in [7, 11) is 1.15. The molecule has 0 rings (SSSR count). The lowest BCUT2D eigenvalue weighted by Gasteiger charge is -2.30. The summed E-state index contributed by atoms with van der Waals surface area (Å²) in [6.45, 7) is 6.66. The second-order valence-corrected chi connectivity index (χ2v) is 23.7. The molecule has 0 aliphatic carbocycles. The molecule has 0 saturated heterocycles. The number of likely N-dealkylation sites (N-methyl/N-ethyl adjacent to an activating group) is 1. The van der Waals surface area contributed by atoms with Crippen LogP contribution in [0.1, 0.15) is 265 Å². The normalized spacial score (nSPS) is 14.3. The van der Waals surface area contributed by atoms with E-state index in [0.717, 1.165) is 64.2 Å². The first kappa shape index (κ1) is 73.9. The third-order valence-corrected chi connectivity index (χ3v) is 14.6. The van der Waals surface area contributed by atoms with Crippen molar-refractivity contribution < 1.29 is 37.3 Å². The molecule has 10 heteroatoms. The zero-order valence-electron chi connectivity index (χ0n) is 50.6. The summed E-state index contributed by atoms with van der Waals surface area (Å²) in [5.74, 6) is -0.593. The molecule has 77 heavy (non-hydrogen) atoms. The van der Waals surface area contributed by atoms with Crippen molar-refractivity contribution in [2.45, 2.75) is 277 Å². The smallest absolute Gasteiger partial charge is 0.306 e. The largest absolute Gasteiger partial charge is 0.756 e. The number of unbranched alkanes of at least 4 members (excludes halogenated alkanes) is 31. The summed E-state index contributed by atoms with van der Waals surface area (Å²) < 4.78 is 30.3. The van der Waals surface area contributed by atoms with E-state index in [0.29, 0.717) is 23.9 Å². The highest BCUT2D eigenvalue weighted by Crippen LogP contribution is 2.38. The molecule has 0 heterocycles. The maximum Gasteiger partial charge on any atom is 0.306 e. The minimum atomic E-state index is -4.71. The van der Waals surface area contributed by atoms with E-state index < -0.39 is 26.6 Å². The van der Waals surface area contributed by atoms with Crippen LogP contribution in [0.2, 0.25) is 0 Å². The number of carbonyl (C=O) groups excluding carboxylic acids is 2. The number of allylic oxidation sites excluding steroid dienone is 15. The lowest BCUT2D eigenvalue weighted by Crippen LogP contribution is -2.47. The summed E-state index contributed by atoms with van der Waals surface area (Å²) >= 11 is 0. The van der Waals surface area contributed by atoms with Gasteiger partial charge in [0.15, 0.2) is 0 Å². The Balaban J connectivity index is 5.21. The number of ether oxygens (including phenoxy) is 1. The summed E-state index contributed by atoms with van der Waals surface area (Å²) in [6, 6.07) is -0.911. The van der Waals surface area contributed by atoms with Gasteiger partial charge in [-0.05, 0) is 76.7 Å². The van der Waals surface area contributed by atoms with Crippen molar-refractivity contribution in [3.05, 3.63) is 97.2 Å². The van der Waals surface area contributed by atoms with E-state index >= 15 is 0 Å². The lowest BCUT2D eigenvalue weighted by molar-refractivity contribution is -0.870. The number of rotatable bonds is 56. The second kappa shape index (κ2) is 56.2. The molecule has 0 aliphatic rings. The number of quaternary nitrogens is 1. The maximum atomic E-state index is 13.5. The van der Waals surface area contributed by atoms with E-state index in [2.05, 4.69) is 50.4 Å². The Morgan fingerprint density at radius 1 is 0.468 bits per heavy atom. The Morgan fingerprint density at radius 3 is 1.30 bits per heavy atom. The number of amides is 1. The number of esters is 1. The first-order valence-electron chi connectivity index (χ1n) is 31.6. The molecule has 1 amide bonds. The number of phosphoric acid groups is 1. The zero-order valence-corrected chi connectivity index (χ0v) is 51.5. The molecule has 0 aromatic carbocycles. The molecule has 3 atom stereocenters. The van der Waals surface area contributed by atoms with Gasteiger partial charge in [-0.1, -0.05) is 272 Å². The van der Waals surface area contributed by atoms with Gasteiger partial charge in [0.25, 0.3) is 7.82 Å². The van der Waals surface area contributed by atoms with Crippen LogP contribution in [0.25, 0.3) is 0 Å². The van der Waals surface area contributed by atoms with Crippen LogP contribution in [0.15, 0.2) is 97.2 Å². The second-order valence-electron chi connectivity index (χ2n) is 22.3. The van der Waals surface area contributed by atoms with E-state index in [9.17, 15) is 19.0 Å². The molecule has 3 unspecified atom stereocenters. The van der Waals surface area contributed by atoms with Gasteiger partial charge < -0.3 is 28.5 Å². The molecule has 0 aromatic rings. The number of hydrogen-bond donors (Lipinski definition) is 1. The van der Waals surface area contributed by atoms with Crippen molar-refractivity contribution in [2.24, 2.45) is 0 Å². The lowest BCUT2D eigenvalue weighted by atomic mass is 10.0. The highest BCUT2D eigenvalue weighted by Gasteiger charge is 2.27. The topological polar surface area (TPSA) is 114 Å². The van der Waals surface area contributed by atoms with Crippen molar-refractivity contribution >= 4 is 19.7 Å². The number of carbonyl (C=O) groups is 2. The van der Waals surface area contributed by atoms with Gasteiger partial charge in [0, 0.05) is 12.8 Å². The van der Waals surface area contributed by atoms with Crippen LogP contribution >= 0.6 is 7.82 Å². The van der Waals surface area contributed by atoms with Crippen LogP contribution in [0.4, 0.5) is 0 Å². The van der Waals surface area contributed by atoms with E-state index in [1.165, 1.54) is 161 Å². The highest BCUT2D eigenvalue weighted by molar-refractivity contribution is 7.45. The number of nitrogens with one attached hydrogen (secondary N) is 1. The Morgan fingerprint density at radius 2 is 0.844 bits per heavy atom. The highest BCUT2D eigenvalue weighted by atomic mass is 31.2. The van der Waals surface area contributed by atoms with Gasteiger partial charge in [-0.3, -0.25) is 14.2 Å². The van der Waals surface area contributed by atoms with E-state index in [1.54, 1.807) is 0 Å². The monoisotopic (exact) mass is 1090 g/mol. The summed E-state index contributed by atoms with van der Waals surface area (Å²) in [5.41, 5.74) is 0. The summed E-state index contributed by atoms with van der Waals surface area (Å²) in [6.07, 6.45) is 75.3. The van der Waals surface area contributed by atoms with Gasteiger partial charge in [-0.25, -0.2) is 0 Å². The fraction of sp³-hybridized carbons (Fsp3) is 0.731. The van der Waals surface area contributed by atoms with Gasteiger partial charge in [-0.2, -0.15) is 0 Å². The number of hydrogen-bond acceptors (Lipinski definition) is 7. The quantitative estimate of drug-likeness (QED) is 0.0161. The predicted octanol–water partition coefficient (Wildman–Crippen LogP) is 18.9. The third-order valence-electron chi connectivity index (χ3n) is 13.7. The average molecular weight is 1100 g/mol. The fourth-order valence-electron chi connectivity index (χ4n) is 8.78. The van der Waals surface area contributed by atoms with Crippen LogP contribution in [0.5, 0.6) is 0 Å². The van der Waals surface area contributed by atoms with Gasteiger partial charge in [0.2, 0.25) is 5.91 Å². The van der Waals surface area contributed by atoms with Gasteiger partial charge >= 0.3 is 5.97 Å². The minimum Gasteiger partial charge on any atom is -0.756 e. The molecule has 1 N–H and O–H groups in total. The molecular formula is C67H119N2O7P. The van der Waals surface area contributed by atoms with Crippen molar-refractivity contribution in [3.8, 4) is 0 Å². The van der Waals surface area contributed by atoms with Crippen LogP contribution in [-0.4, -0.2) is 69.4 Å². The Kier molecular flexibility index (Phi) is 54.0. The van der Waals surface area contributed by atoms with Crippen molar-refractivity contribution in [3.63, 3.8) is 0 Å². The number of phosphoric ester groups is 1. The van der Waals surface area contributed by atoms with E-state index in [4.69, 9.17) is 13.8 Å². The molecule has 0 saturated carbocycles. The van der Waals surface area contributed by atoms with Crippen molar-refractivity contribution in [1.29, 1.82) is 0 Å². The third kappa shape index (κ3) is 57.4.